The van der Waals surface area contributed by atoms with Crippen LogP contribution in [0.5, 0.6) is 0 Å². The highest BCUT2D eigenvalue weighted by Crippen LogP contribution is 2.28. The Bertz CT molecular complexity index is 409. The van der Waals surface area contributed by atoms with Gasteiger partial charge in [-0.15, -0.1) is 11.3 Å². The molecule has 1 amide bonds. The largest absolute Gasteiger partial charge is 0.477 e. The van der Waals surface area contributed by atoms with Crippen LogP contribution < -0.4 is 5.32 Å². The number of amides is 1. The third-order valence-electron chi connectivity index (χ3n) is 2.14. The fraction of sp³-hybridized carbons (Fsp3) is 0.455. The van der Waals surface area contributed by atoms with E-state index < -0.39 is 5.97 Å². The number of carboxylic acids is 1. The van der Waals surface area contributed by atoms with Crippen molar-refractivity contribution < 1.29 is 14.7 Å². The molecule has 0 aliphatic heterocycles. The Morgan fingerprint density at radius 3 is 2.50 bits per heavy atom. The average molecular weight is 241 g/mol. The van der Waals surface area contributed by atoms with Gasteiger partial charge in [-0.3, -0.25) is 4.79 Å². The lowest BCUT2D eigenvalue weighted by Gasteiger charge is -2.01. The van der Waals surface area contributed by atoms with Crippen molar-refractivity contribution in [2.75, 3.05) is 6.54 Å². The first kappa shape index (κ1) is 12.7. The average Bonchev–Trinajstić information content (AvgIpc) is 2.62. The Hall–Kier alpha value is -1.36. The molecule has 4 nitrogen and oxygen atoms in total. The number of nitrogens with one attached hydrogen (secondary N) is 1. The number of carbonyl (C=O) groups excluding carboxylic acids is 1. The Balaban J connectivity index is 3.11. The highest BCUT2D eigenvalue weighted by atomic mass is 32.1. The molecular formula is C11H15NO3S. The van der Waals surface area contributed by atoms with Gasteiger partial charge >= 0.3 is 5.97 Å². The Morgan fingerprint density at radius 2 is 2.12 bits per heavy atom. The van der Waals surface area contributed by atoms with E-state index in [0.29, 0.717) is 11.4 Å². The van der Waals surface area contributed by atoms with Crippen LogP contribution in [0.3, 0.4) is 0 Å². The van der Waals surface area contributed by atoms with Crippen LogP contribution in [0, 0.1) is 0 Å². The van der Waals surface area contributed by atoms with E-state index in [1.807, 2.05) is 20.8 Å². The maximum atomic E-state index is 11.6. The summed E-state index contributed by atoms with van der Waals surface area (Å²) in [4.78, 5) is 23.3. The molecule has 0 aliphatic rings. The van der Waals surface area contributed by atoms with E-state index in [0.717, 1.165) is 16.9 Å². The van der Waals surface area contributed by atoms with Crippen LogP contribution >= 0.6 is 11.3 Å². The highest BCUT2D eigenvalue weighted by molar-refractivity contribution is 7.16. The minimum atomic E-state index is -0.968. The number of thiophene rings is 1. The molecular weight excluding hydrogens is 226 g/mol. The topological polar surface area (TPSA) is 66.4 Å². The molecule has 88 valence electrons. The third kappa shape index (κ3) is 2.61. The zero-order valence-electron chi connectivity index (χ0n) is 9.53. The van der Waals surface area contributed by atoms with Crippen molar-refractivity contribution in [3.05, 3.63) is 21.4 Å². The Morgan fingerprint density at radius 1 is 1.50 bits per heavy atom. The first-order valence-electron chi connectivity index (χ1n) is 5.12. The van der Waals surface area contributed by atoms with Crippen molar-refractivity contribution in [2.45, 2.75) is 26.7 Å². The van der Waals surface area contributed by atoms with Gasteiger partial charge in [0.15, 0.2) is 0 Å². The lowest BCUT2D eigenvalue weighted by atomic mass is 10.0. The summed E-state index contributed by atoms with van der Waals surface area (Å²) in [5.74, 6) is -1.07. The molecule has 0 aromatic carbocycles. The maximum Gasteiger partial charge on any atom is 0.346 e. The molecule has 1 aromatic heterocycles. The summed E-state index contributed by atoms with van der Waals surface area (Å²) < 4.78 is 0. The van der Waals surface area contributed by atoms with Gasteiger partial charge in [0.25, 0.3) is 5.91 Å². The number of hydrogen-bond donors (Lipinski definition) is 2. The molecule has 1 heterocycles. The van der Waals surface area contributed by atoms with Crippen molar-refractivity contribution >= 4 is 23.2 Å². The van der Waals surface area contributed by atoms with Gasteiger partial charge in [0.05, 0.1) is 4.88 Å². The van der Waals surface area contributed by atoms with Crippen LogP contribution in [0.2, 0.25) is 0 Å². The molecule has 0 aliphatic carbocycles. The number of rotatable bonds is 4. The second-order valence-corrected chi connectivity index (χ2v) is 4.77. The van der Waals surface area contributed by atoms with E-state index in [9.17, 15) is 9.59 Å². The smallest absolute Gasteiger partial charge is 0.346 e. The van der Waals surface area contributed by atoms with Gasteiger partial charge in [-0.1, -0.05) is 13.8 Å². The van der Waals surface area contributed by atoms with Gasteiger partial charge in [0.1, 0.15) is 4.88 Å². The van der Waals surface area contributed by atoms with Crippen molar-refractivity contribution in [1.29, 1.82) is 0 Å². The molecule has 0 unspecified atom stereocenters. The molecule has 5 heteroatoms. The molecule has 0 saturated carbocycles. The lowest BCUT2D eigenvalue weighted by Crippen LogP contribution is -2.21. The van der Waals surface area contributed by atoms with E-state index in [2.05, 4.69) is 5.32 Å². The molecule has 2 N–H and O–H groups in total. The third-order valence-corrected chi connectivity index (χ3v) is 3.28. The van der Waals surface area contributed by atoms with Crippen LogP contribution in [0.25, 0.3) is 0 Å². The zero-order chi connectivity index (χ0) is 12.3. The molecule has 0 bridgehead atoms. The fourth-order valence-corrected chi connectivity index (χ4v) is 2.43. The van der Waals surface area contributed by atoms with Gasteiger partial charge in [0.2, 0.25) is 0 Å². The van der Waals surface area contributed by atoms with Crippen LogP contribution in [-0.4, -0.2) is 23.5 Å². The van der Waals surface area contributed by atoms with Crippen molar-refractivity contribution in [3.63, 3.8) is 0 Å². The standard InChI is InChI=1S/C11H15NO3S/c1-4-12-10(13)8-5-7(6(2)3)9(16-8)11(14)15/h5-6H,4H2,1-3H3,(H,12,13)(H,14,15). The maximum absolute atomic E-state index is 11.6. The van der Waals surface area contributed by atoms with Gasteiger partial charge in [-0.2, -0.15) is 0 Å². The summed E-state index contributed by atoms with van der Waals surface area (Å²) in [5, 5.41) is 11.7. The molecule has 0 spiro atoms. The monoisotopic (exact) mass is 241 g/mol. The fourth-order valence-electron chi connectivity index (χ4n) is 1.36. The normalized spacial score (nSPS) is 10.5. The molecule has 1 rings (SSSR count). The first-order valence-corrected chi connectivity index (χ1v) is 5.94. The summed E-state index contributed by atoms with van der Waals surface area (Å²) in [6.07, 6.45) is 0. The minimum Gasteiger partial charge on any atom is -0.477 e. The zero-order valence-corrected chi connectivity index (χ0v) is 10.4. The molecule has 0 atom stereocenters. The van der Waals surface area contributed by atoms with Gasteiger partial charge in [-0.25, -0.2) is 4.79 Å². The van der Waals surface area contributed by atoms with Crippen LogP contribution in [-0.2, 0) is 0 Å². The molecule has 16 heavy (non-hydrogen) atoms. The van der Waals surface area contributed by atoms with E-state index in [-0.39, 0.29) is 16.7 Å². The molecule has 0 saturated heterocycles. The summed E-state index contributed by atoms with van der Waals surface area (Å²) >= 11 is 1.03. The van der Waals surface area contributed by atoms with E-state index >= 15 is 0 Å². The predicted octanol–water partition coefficient (Wildman–Crippen LogP) is 2.32. The van der Waals surface area contributed by atoms with Gasteiger partial charge in [0, 0.05) is 6.54 Å². The predicted molar refractivity (Wildman–Crippen MR) is 63.4 cm³/mol. The SMILES string of the molecule is CCNC(=O)c1cc(C(C)C)c(C(=O)O)s1. The van der Waals surface area contributed by atoms with E-state index in [1.54, 1.807) is 6.07 Å². The second kappa shape index (κ2) is 5.12. The number of carboxylic acid groups (broad SMARTS) is 1. The number of aromatic carboxylic acids is 1. The van der Waals surface area contributed by atoms with Crippen LogP contribution in [0.1, 0.15) is 51.6 Å². The second-order valence-electron chi connectivity index (χ2n) is 3.71. The minimum absolute atomic E-state index is 0.102. The lowest BCUT2D eigenvalue weighted by molar-refractivity contribution is 0.0700. The van der Waals surface area contributed by atoms with Crippen molar-refractivity contribution in [2.24, 2.45) is 0 Å². The molecule has 0 radical (unpaired) electrons. The van der Waals surface area contributed by atoms with Crippen LogP contribution in [0.4, 0.5) is 0 Å². The summed E-state index contributed by atoms with van der Waals surface area (Å²) in [5.41, 5.74) is 0.721. The van der Waals surface area contributed by atoms with E-state index in [4.69, 9.17) is 5.11 Å². The number of carbonyl (C=O) groups is 2. The summed E-state index contributed by atoms with van der Waals surface area (Å²) in [6.45, 7) is 6.19. The van der Waals surface area contributed by atoms with Crippen molar-refractivity contribution in [1.82, 2.24) is 5.32 Å². The Kier molecular flexibility index (Phi) is 4.06. The highest BCUT2D eigenvalue weighted by Gasteiger charge is 2.20. The molecule has 0 fully saturated rings. The summed E-state index contributed by atoms with van der Waals surface area (Å²) in [7, 11) is 0. The quantitative estimate of drug-likeness (QED) is 0.850. The van der Waals surface area contributed by atoms with E-state index in [1.165, 1.54) is 0 Å². The first-order chi connectivity index (χ1) is 7.47. The molecule has 1 aromatic rings. The van der Waals surface area contributed by atoms with Gasteiger partial charge in [-0.05, 0) is 24.5 Å². The van der Waals surface area contributed by atoms with Crippen LogP contribution in [0.15, 0.2) is 6.07 Å². The number of hydrogen-bond acceptors (Lipinski definition) is 3. The van der Waals surface area contributed by atoms with Gasteiger partial charge < -0.3 is 10.4 Å². The Labute approximate surface area is 98.3 Å². The van der Waals surface area contributed by atoms with Crippen molar-refractivity contribution in [3.8, 4) is 0 Å². The summed E-state index contributed by atoms with van der Waals surface area (Å²) in [6, 6.07) is 1.67.